The topological polar surface area (TPSA) is 55.1 Å². The molecule has 1 atom stereocenters. The van der Waals surface area contributed by atoms with Crippen molar-refractivity contribution in [1.82, 2.24) is 5.32 Å². The summed E-state index contributed by atoms with van der Waals surface area (Å²) in [5, 5.41) is 2.61. The molecule has 0 aliphatic carbocycles. The van der Waals surface area contributed by atoms with Gasteiger partial charge in [0, 0.05) is 0 Å². The lowest BCUT2D eigenvalue weighted by Gasteiger charge is -2.06. The maximum absolute atomic E-state index is 11.0. The first-order valence-corrected chi connectivity index (χ1v) is 4.14. The summed E-state index contributed by atoms with van der Waals surface area (Å²) in [5.41, 5.74) is 6.32. The Morgan fingerprint density at radius 3 is 2.62 bits per heavy atom. The number of carbonyl (C=O) groups is 1. The molecule has 0 aromatic heterocycles. The van der Waals surface area contributed by atoms with E-state index in [9.17, 15) is 4.79 Å². The van der Waals surface area contributed by atoms with E-state index in [1.165, 1.54) is 0 Å². The maximum Gasteiger partial charge on any atom is 0.237 e. The largest absolute Gasteiger partial charge is 0.346 e. The molecule has 0 fully saturated rings. The van der Waals surface area contributed by atoms with E-state index < -0.39 is 6.04 Å². The van der Waals surface area contributed by atoms with Crippen LogP contribution in [0, 0.1) is 6.54 Å². The summed E-state index contributed by atoms with van der Waals surface area (Å²) in [5.74, 6) is -0.177. The van der Waals surface area contributed by atoms with Crippen LogP contribution in [0.3, 0.4) is 0 Å². The van der Waals surface area contributed by atoms with Gasteiger partial charge >= 0.3 is 0 Å². The molecule has 1 radical (unpaired) electrons. The fourth-order valence-electron chi connectivity index (χ4n) is 0.835. The third-order valence-electron chi connectivity index (χ3n) is 1.59. The van der Waals surface area contributed by atoms with E-state index in [1.54, 1.807) is 13.5 Å². The number of hydrogen-bond acceptors (Lipinski definition) is 2. The van der Waals surface area contributed by atoms with E-state index in [4.69, 9.17) is 5.73 Å². The van der Waals surface area contributed by atoms with Gasteiger partial charge in [-0.05, 0) is 12.5 Å². The quantitative estimate of drug-likeness (QED) is 0.712. The summed E-state index contributed by atoms with van der Waals surface area (Å²) >= 11 is 0. The number of hydrogen-bond donors (Lipinski definition) is 2. The van der Waals surface area contributed by atoms with Gasteiger partial charge in [-0.15, -0.1) is 0 Å². The Bertz CT molecular complexity index is 270. The Morgan fingerprint density at radius 1 is 1.46 bits per heavy atom. The van der Waals surface area contributed by atoms with Gasteiger partial charge in [0.15, 0.2) is 0 Å². The molecule has 0 heterocycles. The minimum absolute atomic E-state index is 0.177. The van der Waals surface area contributed by atoms with Crippen LogP contribution >= 0.6 is 0 Å². The number of benzene rings is 1. The van der Waals surface area contributed by atoms with Crippen LogP contribution < -0.4 is 11.1 Å². The molecule has 13 heavy (non-hydrogen) atoms. The van der Waals surface area contributed by atoms with Gasteiger partial charge in [0.1, 0.15) is 0 Å². The first-order valence-electron chi connectivity index (χ1n) is 4.14. The summed E-state index contributed by atoms with van der Waals surface area (Å²) < 4.78 is 0. The predicted octanol–water partition coefficient (Wildman–Crippen LogP) is 0.660. The highest BCUT2D eigenvalue weighted by Crippen LogP contribution is 1.98. The molecule has 69 valence electrons. The number of nitrogens with two attached hydrogens (primary N) is 1. The van der Waals surface area contributed by atoms with E-state index >= 15 is 0 Å². The smallest absolute Gasteiger partial charge is 0.237 e. The molecule has 0 aliphatic heterocycles. The summed E-state index contributed by atoms with van der Waals surface area (Å²) in [7, 11) is 0. The van der Waals surface area contributed by atoms with Crippen LogP contribution in [0.25, 0.3) is 0 Å². The lowest BCUT2D eigenvalue weighted by Crippen LogP contribution is -2.36. The van der Waals surface area contributed by atoms with Crippen molar-refractivity contribution in [3.05, 3.63) is 42.4 Å². The molecule has 1 rings (SSSR count). The second-order valence-electron chi connectivity index (χ2n) is 2.85. The van der Waals surface area contributed by atoms with Gasteiger partial charge in [-0.1, -0.05) is 30.3 Å². The van der Waals surface area contributed by atoms with Crippen LogP contribution in [0.2, 0.25) is 0 Å². The van der Waals surface area contributed by atoms with Gasteiger partial charge in [0.25, 0.3) is 0 Å². The van der Waals surface area contributed by atoms with Crippen molar-refractivity contribution >= 4 is 5.91 Å². The first kappa shape index (κ1) is 9.74. The number of carbonyl (C=O) groups excluding carboxylic acids is 1. The van der Waals surface area contributed by atoms with Crippen molar-refractivity contribution < 1.29 is 4.79 Å². The number of nitrogens with one attached hydrogen (secondary N) is 1. The SMILES string of the molecule is C[C@H](N)C(=O)N[CH]c1ccccc1. The van der Waals surface area contributed by atoms with Crippen LogP contribution in [-0.2, 0) is 4.79 Å². The van der Waals surface area contributed by atoms with Gasteiger partial charge in [0.2, 0.25) is 5.91 Å². The Balaban J connectivity index is 2.40. The van der Waals surface area contributed by atoms with E-state index in [2.05, 4.69) is 5.32 Å². The monoisotopic (exact) mass is 177 g/mol. The van der Waals surface area contributed by atoms with Gasteiger partial charge in [-0.3, -0.25) is 4.79 Å². The molecule has 3 N–H and O–H groups in total. The second kappa shape index (κ2) is 4.62. The fraction of sp³-hybridized carbons (Fsp3) is 0.200. The van der Waals surface area contributed by atoms with Crippen LogP contribution in [0.15, 0.2) is 30.3 Å². The van der Waals surface area contributed by atoms with Crippen molar-refractivity contribution in [2.75, 3.05) is 0 Å². The van der Waals surface area contributed by atoms with E-state index in [-0.39, 0.29) is 5.91 Å². The highest BCUT2D eigenvalue weighted by atomic mass is 16.2. The van der Waals surface area contributed by atoms with Crippen LogP contribution in [0.1, 0.15) is 12.5 Å². The maximum atomic E-state index is 11.0. The molecule has 1 aromatic rings. The Hall–Kier alpha value is -1.35. The van der Waals surface area contributed by atoms with Gasteiger partial charge in [-0.2, -0.15) is 0 Å². The van der Waals surface area contributed by atoms with Crippen LogP contribution in [0.5, 0.6) is 0 Å². The van der Waals surface area contributed by atoms with E-state index in [1.807, 2.05) is 30.3 Å². The van der Waals surface area contributed by atoms with Crippen molar-refractivity contribution in [2.24, 2.45) is 5.73 Å². The molecule has 1 aromatic carbocycles. The summed E-state index contributed by atoms with van der Waals surface area (Å²) in [6.07, 6.45) is 0. The van der Waals surface area contributed by atoms with Crippen molar-refractivity contribution in [3.63, 3.8) is 0 Å². The normalized spacial score (nSPS) is 12.2. The third kappa shape index (κ3) is 3.25. The predicted molar refractivity (Wildman–Crippen MR) is 51.6 cm³/mol. The van der Waals surface area contributed by atoms with Crippen LogP contribution in [0.4, 0.5) is 0 Å². The Morgan fingerprint density at radius 2 is 2.08 bits per heavy atom. The molecular weight excluding hydrogens is 164 g/mol. The first-order chi connectivity index (χ1) is 6.20. The van der Waals surface area contributed by atoms with Crippen molar-refractivity contribution in [3.8, 4) is 0 Å². The Labute approximate surface area is 77.9 Å². The molecular formula is C10H13N2O. The van der Waals surface area contributed by atoms with E-state index in [0.717, 1.165) is 5.56 Å². The van der Waals surface area contributed by atoms with E-state index in [0.29, 0.717) is 0 Å². The zero-order valence-corrected chi connectivity index (χ0v) is 7.53. The van der Waals surface area contributed by atoms with Gasteiger partial charge in [-0.25, -0.2) is 0 Å². The second-order valence-corrected chi connectivity index (χ2v) is 2.85. The molecule has 3 nitrogen and oxygen atoms in total. The number of rotatable bonds is 3. The lowest BCUT2D eigenvalue weighted by molar-refractivity contribution is -0.121. The Kier molecular flexibility index (Phi) is 3.46. The van der Waals surface area contributed by atoms with Crippen molar-refractivity contribution in [1.29, 1.82) is 0 Å². The highest BCUT2D eigenvalue weighted by Gasteiger charge is 2.05. The van der Waals surface area contributed by atoms with Crippen LogP contribution in [-0.4, -0.2) is 11.9 Å². The zero-order valence-electron chi connectivity index (χ0n) is 7.53. The standard InChI is InChI=1S/C10H13N2O/c1-8(11)10(13)12-7-9-5-3-2-4-6-9/h2-8H,11H2,1H3,(H,12,13)/t8-/m0/s1. The number of amides is 1. The molecule has 0 aliphatic rings. The molecule has 0 bridgehead atoms. The minimum atomic E-state index is -0.472. The molecule has 0 unspecified atom stereocenters. The molecule has 0 spiro atoms. The van der Waals surface area contributed by atoms with Gasteiger partial charge in [0.05, 0.1) is 12.6 Å². The van der Waals surface area contributed by atoms with Gasteiger partial charge < -0.3 is 11.1 Å². The average molecular weight is 177 g/mol. The summed E-state index contributed by atoms with van der Waals surface area (Å²) in [6, 6.07) is 9.07. The molecule has 1 amide bonds. The minimum Gasteiger partial charge on any atom is -0.346 e. The zero-order chi connectivity index (χ0) is 9.68. The highest BCUT2D eigenvalue weighted by molar-refractivity contribution is 5.81. The third-order valence-corrected chi connectivity index (χ3v) is 1.59. The lowest BCUT2D eigenvalue weighted by atomic mass is 10.2. The molecule has 0 saturated carbocycles. The van der Waals surface area contributed by atoms with Crippen molar-refractivity contribution in [2.45, 2.75) is 13.0 Å². The molecule has 3 heteroatoms. The average Bonchev–Trinajstić information content (AvgIpc) is 2.15. The summed E-state index contributed by atoms with van der Waals surface area (Å²) in [6.45, 7) is 3.29. The summed E-state index contributed by atoms with van der Waals surface area (Å²) in [4.78, 5) is 11.0. The fourth-order valence-corrected chi connectivity index (χ4v) is 0.835. The molecule has 0 saturated heterocycles.